The highest BCUT2D eigenvalue weighted by Crippen LogP contribution is 2.43. The molecule has 3 aromatic carbocycles. The summed E-state index contributed by atoms with van der Waals surface area (Å²) < 4.78 is 13.8. The number of aliphatic carboxylic acids is 1. The molecule has 4 rings (SSSR count). The van der Waals surface area contributed by atoms with E-state index in [0.717, 1.165) is 33.4 Å². The maximum Gasteiger partial charge on any atom is 0.307 e. The molecule has 29 heavy (non-hydrogen) atoms. The van der Waals surface area contributed by atoms with Gasteiger partial charge in [0, 0.05) is 5.02 Å². The molecule has 0 amide bonds. The molecule has 1 aliphatic rings. The molecule has 0 atom stereocenters. The van der Waals surface area contributed by atoms with E-state index in [1.54, 1.807) is 6.07 Å². The van der Waals surface area contributed by atoms with Gasteiger partial charge in [0.15, 0.2) is 0 Å². The molecule has 144 valence electrons. The highest BCUT2D eigenvalue weighted by Gasteiger charge is 2.25. The van der Waals surface area contributed by atoms with Crippen LogP contribution in [0.2, 0.25) is 5.02 Å². The highest BCUT2D eigenvalue weighted by atomic mass is 35.5. The Balaban J connectivity index is 1.73. The van der Waals surface area contributed by atoms with E-state index in [-0.39, 0.29) is 12.2 Å². The fourth-order valence-electron chi connectivity index (χ4n) is 3.71. The summed E-state index contributed by atoms with van der Waals surface area (Å²) in [6.07, 6.45) is 1.89. The number of allylic oxidation sites excluding steroid dienone is 2. The van der Waals surface area contributed by atoms with Gasteiger partial charge in [-0.3, -0.25) is 4.79 Å². The lowest BCUT2D eigenvalue weighted by atomic mass is 9.99. The van der Waals surface area contributed by atoms with Crippen LogP contribution in [-0.4, -0.2) is 11.1 Å². The number of hydrogen-bond acceptors (Lipinski definition) is 1. The van der Waals surface area contributed by atoms with E-state index < -0.39 is 5.97 Å². The Kier molecular flexibility index (Phi) is 5.08. The molecule has 0 saturated carbocycles. The second-order valence-electron chi connectivity index (χ2n) is 7.05. The van der Waals surface area contributed by atoms with Crippen molar-refractivity contribution in [1.82, 2.24) is 0 Å². The van der Waals surface area contributed by atoms with Gasteiger partial charge < -0.3 is 5.11 Å². The zero-order valence-electron chi connectivity index (χ0n) is 15.7. The van der Waals surface area contributed by atoms with Gasteiger partial charge in [-0.25, -0.2) is 4.39 Å². The third kappa shape index (κ3) is 3.87. The van der Waals surface area contributed by atoms with E-state index in [9.17, 15) is 14.3 Å². The van der Waals surface area contributed by atoms with Gasteiger partial charge in [0.2, 0.25) is 0 Å². The number of halogens is 2. The zero-order chi connectivity index (χ0) is 20.5. The SMILES string of the molecule is CC1=C(CC(=O)O)c2cc(F)ccc2/C1=C/c1ccc(-c2ccc(Cl)cc2)cc1. The van der Waals surface area contributed by atoms with Crippen molar-refractivity contribution in [1.29, 1.82) is 0 Å². The molecule has 0 fully saturated rings. The number of carboxylic acids is 1. The van der Waals surface area contributed by atoms with Gasteiger partial charge in [0.25, 0.3) is 0 Å². The summed E-state index contributed by atoms with van der Waals surface area (Å²) in [5, 5.41) is 9.96. The van der Waals surface area contributed by atoms with E-state index in [4.69, 9.17) is 11.6 Å². The Morgan fingerprint density at radius 1 is 0.966 bits per heavy atom. The standard InChI is InChI=1S/C25H18ClFO2/c1-15-22(21-11-10-20(27)13-24(21)23(15)14-25(28)29)12-16-2-4-17(5-3-16)18-6-8-19(26)9-7-18/h2-13H,14H2,1H3,(H,28,29)/b22-12+. The number of benzene rings is 3. The molecular weight excluding hydrogens is 387 g/mol. The molecule has 4 heteroatoms. The quantitative estimate of drug-likeness (QED) is 0.510. The summed E-state index contributed by atoms with van der Waals surface area (Å²) in [4.78, 5) is 11.3. The average molecular weight is 405 g/mol. The predicted octanol–water partition coefficient (Wildman–Crippen LogP) is 6.95. The van der Waals surface area contributed by atoms with Crippen LogP contribution in [0.3, 0.4) is 0 Å². The second kappa shape index (κ2) is 7.69. The maximum absolute atomic E-state index is 13.8. The molecular formula is C25H18ClFO2. The number of hydrogen-bond donors (Lipinski definition) is 1. The Labute approximate surface area is 173 Å². The molecule has 0 spiro atoms. The summed E-state index contributed by atoms with van der Waals surface area (Å²) >= 11 is 5.96. The lowest BCUT2D eigenvalue weighted by Crippen LogP contribution is -1.97. The Bertz CT molecular complexity index is 1160. The molecule has 0 heterocycles. The van der Waals surface area contributed by atoms with Crippen molar-refractivity contribution in [3.63, 3.8) is 0 Å². The monoisotopic (exact) mass is 404 g/mol. The summed E-state index contributed by atoms with van der Waals surface area (Å²) in [6, 6.07) is 20.3. The van der Waals surface area contributed by atoms with Crippen molar-refractivity contribution >= 4 is 34.8 Å². The van der Waals surface area contributed by atoms with Crippen LogP contribution >= 0.6 is 11.6 Å². The second-order valence-corrected chi connectivity index (χ2v) is 7.49. The van der Waals surface area contributed by atoms with E-state index in [1.165, 1.54) is 12.1 Å². The summed E-state index contributed by atoms with van der Waals surface area (Å²) in [5.41, 5.74) is 7.13. The first kappa shape index (κ1) is 19.2. The van der Waals surface area contributed by atoms with E-state index in [1.807, 2.05) is 61.5 Å². The number of fused-ring (bicyclic) bond motifs is 1. The van der Waals surface area contributed by atoms with Gasteiger partial charge in [0.1, 0.15) is 5.82 Å². The molecule has 1 N–H and O–H groups in total. The van der Waals surface area contributed by atoms with Crippen LogP contribution < -0.4 is 0 Å². The first-order chi connectivity index (χ1) is 13.9. The van der Waals surface area contributed by atoms with Gasteiger partial charge in [-0.2, -0.15) is 0 Å². The van der Waals surface area contributed by atoms with Crippen molar-refractivity contribution in [3.05, 3.63) is 99.8 Å². The van der Waals surface area contributed by atoms with Gasteiger partial charge in [-0.05, 0) is 81.8 Å². The normalized spacial score (nSPS) is 14.4. The predicted molar refractivity (Wildman–Crippen MR) is 116 cm³/mol. The minimum atomic E-state index is -0.928. The van der Waals surface area contributed by atoms with Crippen molar-refractivity contribution in [2.24, 2.45) is 0 Å². The van der Waals surface area contributed by atoms with Crippen molar-refractivity contribution in [3.8, 4) is 11.1 Å². The largest absolute Gasteiger partial charge is 0.481 e. The topological polar surface area (TPSA) is 37.3 Å². The molecule has 0 radical (unpaired) electrons. The third-order valence-electron chi connectivity index (χ3n) is 5.18. The minimum absolute atomic E-state index is 0.130. The number of rotatable bonds is 4. The van der Waals surface area contributed by atoms with Gasteiger partial charge in [0.05, 0.1) is 6.42 Å². The Morgan fingerprint density at radius 2 is 1.59 bits per heavy atom. The smallest absolute Gasteiger partial charge is 0.307 e. The summed E-state index contributed by atoms with van der Waals surface area (Å²) in [6.45, 7) is 1.89. The molecule has 2 nitrogen and oxygen atoms in total. The first-order valence-corrected chi connectivity index (χ1v) is 9.60. The molecule has 3 aromatic rings. The van der Waals surface area contributed by atoms with Crippen LogP contribution in [0.25, 0.3) is 28.3 Å². The third-order valence-corrected chi connectivity index (χ3v) is 5.43. The van der Waals surface area contributed by atoms with Gasteiger partial charge in [-0.1, -0.05) is 54.1 Å². The fourth-order valence-corrected chi connectivity index (χ4v) is 3.84. The van der Waals surface area contributed by atoms with Crippen LogP contribution in [0.5, 0.6) is 0 Å². The molecule has 1 aliphatic carbocycles. The first-order valence-electron chi connectivity index (χ1n) is 9.22. The van der Waals surface area contributed by atoms with Crippen molar-refractivity contribution in [2.45, 2.75) is 13.3 Å². The average Bonchev–Trinajstić information content (AvgIpc) is 2.94. The van der Waals surface area contributed by atoms with E-state index in [0.29, 0.717) is 16.2 Å². The van der Waals surface area contributed by atoms with E-state index >= 15 is 0 Å². The fraction of sp³-hybridized carbons (Fsp3) is 0.0800. The van der Waals surface area contributed by atoms with Crippen LogP contribution in [0, 0.1) is 5.82 Å². The molecule has 0 bridgehead atoms. The molecule has 0 aliphatic heterocycles. The highest BCUT2D eigenvalue weighted by molar-refractivity contribution is 6.30. The molecule has 0 aromatic heterocycles. The Hall–Kier alpha value is -3.17. The molecule has 0 unspecified atom stereocenters. The number of carbonyl (C=O) groups is 1. The van der Waals surface area contributed by atoms with Crippen molar-refractivity contribution < 1.29 is 14.3 Å². The van der Waals surface area contributed by atoms with Gasteiger partial charge >= 0.3 is 5.97 Å². The Morgan fingerprint density at radius 3 is 2.21 bits per heavy atom. The molecule has 0 saturated heterocycles. The van der Waals surface area contributed by atoms with E-state index in [2.05, 4.69) is 0 Å². The summed E-state index contributed by atoms with van der Waals surface area (Å²) in [5.74, 6) is -1.30. The number of carboxylic acid groups (broad SMARTS) is 1. The van der Waals surface area contributed by atoms with Crippen LogP contribution in [0.15, 0.2) is 72.3 Å². The van der Waals surface area contributed by atoms with Gasteiger partial charge in [-0.15, -0.1) is 0 Å². The lowest BCUT2D eigenvalue weighted by Gasteiger charge is -2.06. The van der Waals surface area contributed by atoms with Crippen LogP contribution in [-0.2, 0) is 4.79 Å². The zero-order valence-corrected chi connectivity index (χ0v) is 16.5. The van der Waals surface area contributed by atoms with Crippen LogP contribution in [0.4, 0.5) is 4.39 Å². The maximum atomic E-state index is 13.8. The summed E-state index contributed by atoms with van der Waals surface area (Å²) in [7, 11) is 0. The minimum Gasteiger partial charge on any atom is -0.481 e. The van der Waals surface area contributed by atoms with Crippen LogP contribution in [0.1, 0.15) is 30.0 Å². The lowest BCUT2D eigenvalue weighted by molar-refractivity contribution is -0.135. The van der Waals surface area contributed by atoms with Crippen molar-refractivity contribution in [2.75, 3.05) is 0 Å².